The molecule has 2 aromatic heterocycles. The third kappa shape index (κ3) is 4.35. The van der Waals surface area contributed by atoms with Crippen molar-refractivity contribution in [3.05, 3.63) is 35.8 Å². The normalized spacial score (nSPS) is 18.3. The quantitative estimate of drug-likeness (QED) is 0.804. The lowest BCUT2D eigenvalue weighted by Gasteiger charge is -2.29. The van der Waals surface area contributed by atoms with Crippen molar-refractivity contribution in [3.63, 3.8) is 0 Å². The second-order valence-corrected chi connectivity index (χ2v) is 7.45. The highest BCUT2D eigenvalue weighted by Gasteiger charge is 2.20. The van der Waals surface area contributed by atoms with Crippen LogP contribution in [0.5, 0.6) is 0 Å². The first-order valence-electron chi connectivity index (χ1n) is 10.4. The summed E-state index contributed by atoms with van der Waals surface area (Å²) in [7, 11) is 0. The van der Waals surface area contributed by atoms with Gasteiger partial charge in [-0.3, -0.25) is 4.98 Å². The molecule has 0 atom stereocenters. The number of anilines is 3. The molecule has 7 heteroatoms. The Bertz CT molecular complexity index is 792. The molecule has 0 amide bonds. The molecule has 4 heterocycles. The van der Waals surface area contributed by atoms with Gasteiger partial charge in [0.2, 0.25) is 5.95 Å². The third-order valence-corrected chi connectivity index (χ3v) is 5.48. The number of rotatable bonds is 4. The van der Waals surface area contributed by atoms with Gasteiger partial charge in [-0.1, -0.05) is 6.92 Å². The minimum Gasteiger partial charge on any atom is -0.378 e. The van der Waals surface area contributed by atoms with Gasteiger partial charge in [0.25, 0.3) is 0 Å². The van der Waals surface area contributed by atoms with Crippen molar-refractivity contribution in [3.8, 4) is 0 Å². The number of pyridine rings is 1. The number of hydrogen-bond acceptors (Lipinski definition) is 7. The molecule has 0 unspecified atom stereocenters. The molecule has 28 heavy (non-hydrogen) atoms. The summed E-state index contributed by atoms with van der Waals surface area (Å²) in [6.07, 6.45) is 3.93. The molecular weight excluding hydrogens is 352 g/mol. The number of aryl methyl sites for hydroxylation is 2. The zero-order valence-corrected chi connectivity index (χ0v) is 17.0. The van der Waals surface area contributed by atoms with Crippen molar-refractivity contribution < 1.29 is 4.74 Å². The average molecular weight is 383 g/mol. The van der Waals surface area contributed by atoms with Gasteiger partial charge in [-0.25, -0.2) is 4.98 Å². The van der Waals surface area contributed by atoms with Crippen LogP contribution in [0.4, 0.5) is 17.5 Å². The topological polar surface area (TPSA) is 57.6 Å². The Labute approximate surface area is 167 Å². The maximum Gasteiger partial charge on any atom is 0.227 e. The molecule has 150 valence electrons. The summed E-state index contributed by atoms with van der Waals surface area (Å²) in [6, 6.07) is 6.45. The molecule has 2 saturated heterocycles. The number of ether oxygens (including phenoxy) is 1. The molecule has 2 fully saturated rings. The Hall–Kier alpha value is -2.41. The SMILES string of the molecule is CCc1cc(N2CCCN(c3ccnc(C)c3)CC2)nc(N2CCOCC2)n1. The molecule has 2 aliphatic rings. The predicted octanol–water partition coefficient (Wildman–Crippen LogP) is 2.30. The molecule has 0 bridgehead atoms. The van der Waals surface area contributed by atoms with E-state index >= 15 is 0 Å². The number of nitrogens with zero attached hydrogens (tertiary/aromatic N) is 6. The van der Waals surface area contributed by atoms with Crippen molar-refractivity contribution in [1.29, 1.82) is 0 Å². The van der Waals surface area contributed by atoms with Crippen LogP contribution in [0.2, 0.25) is 0 Å². The highest BCUT2D eigenvalue weighted by atomic mass is 16.5. The molecule has 2 aromatic rings. The first kappa shape index (κ1) is 18.9. The van der Waals surface area contributed by atoms with E-state index in [1.807, 2.05) is 13.1 Å². The van der Waals surface area contributed by atoms with E-state index in [0.29, 0.717) is 0 Å². The monoisotopic (exact) mass is 382 g/mol. The standard InChI is InChI=1S/C21H30N6O/c1-3-18-16-20(24-21(23-18)27-11-13-28-14-12-27)26-8-4-7-25(9-10-26)19-5-6-22-17(2)15-19/h5-6,15-16H,3-4,7-14H2,1-2H3. The molecule has 2 aliphatic heterocycles. The molecule has 0 saturated carbocycles. The first-order valence-corrected chi connectivity index (χ1v) is 10.4. The van der Waals surface area contributed by atoms with Crippen molar-refractivity contribution in [2.24, 2.45) is 0 Å². The number of hydrogen-bond donors (Lipinski definition) is 0. The van der Waals surface area contributed by atoms with Crippen LogP contribution >= 0.6 is 0 Å². The predicted molar refractivity (Wildman–Crippen MR) is 112 cm³/mol. The molecular formula is C21H30N6O. The van der Waals surface area contributed by atoms with Gasteiger partial charge in [0.1, 0.15) is 5.82 Å². The van der Waals surface area contributed by atoms with Gasteiger partial charge < -0.3 is 19.4 Å². The van der Waals surface area contributed by atoms with E-state index in [4.69, 9.17) is 14.7 Å². The maximum atomic E-state index is 5.49. The largest absolute Gasteiger partial charge is 0.378 e. The van der Waals surface area contributed by atoms with Crippen LogP contribution in [-0.4, -0.2) is 67.4 Å². The molecule has 4 rings (SSSR count). The van der Waals surface area contributed by atoms with Gasteiger partial charge in [-0.2, -0.15) is 4.98 Å². The lowest BCUT2D eigenvalue weighted by molar-refractivity contribution is 0.122. The first-order chi connectivity index (χ1) is 13.7. The fourth-order valence-electron chi connectivity index (χ4n) is 3.85. The van der Waals surface area contributed by atoms with Crippen LogP contribution in [-0.2, 0) is 11.2 Å². The minimum absolute atomic E-state index is 0.749. The highest BCUT2D eigenvalue weighted by Crippen LogP contribution is 2.22. The van der Waals surface area contributed by atoms with Gasteiger partial charge in [0, 0.05) is 68.6 Å². The smallest absolute Gasteiger partial charge is 0.227 e. The fourth-order valence-corrected chi connectivity index (χ4v) is 3.85. The van der Waals surface area contributed by atoms with Gasteiger partial charge >= 0.3 is 0 Å². The summed E-state index contributed by atoms with van der Waals surface area (Å²) in [5.74, 6) is 1.91. The summed E-state index contributed by atoms with van der Waals surface area (Å²) in [5, 5.41) is 0. The van der Waals surface area contributed by atoms with E-state index < -0.39 is 0 Å². The number of morpholine rings is 1. The Kier molecular flexibility index (Phi) is 5.90. The van der Waals surface area contributed by atoms with Crippen LogP contribution in [0, 0.1) is 6.92 Å². The molecule has 0 aliphatic carbocycles. The molecule has 0 N–H and O–H groups in total. The lowest BCUT2D eigenvalue weighted by atomic mass is 10.3. The summed E-state index contributed by atoms with van der Waals surface area (Å²) >= 11 is 0. The van der Waals surface area contributed by atoms with Gasteiger partial charge in [-0.15, -0.1) is 0 Å². The fraction of sp³-hybridized carbons (Fsp3) is 0.571. The van der Waals surface area contributed by atoms with Crippen LogP contribution in [0.3, 0.4) is 0 Å². The lowest BCUT2D eigenvalue weighted by Crippen LogP contribution is -2.38. The second-order valence-electron chi connectivity index (χ2n) is 7.45. The van der Waals surface area contributed by atoms with Crippen LogP contribution < -0.4 is 14.7 Å². The van der Waals surface area contributed by atoms with Crippen molar-refractivity contribution in [1.82, 2.24) is 15.0 Å². The van der Waals surface area contributed by atoms with Gasteiger partial charge in [0.15, 0.2) is 0 Å². The molecule has 0 spiro atoms. The average Bonchev–Trinajstić information content (AvgIpc) is 3.00. The van der Waals surface area contributed by atoms with E-state index in [1.165, 1.54) is 5.69 Å². The maximum absolute atomic E-state index is 5.49. The summed E-state index contributed by atoms with van der Waals surface area (Å²) < 4.78 is 5.49. The Morgan fingerprint density at radius 2 is 1.71 bits per heavy atom. The van der Waals surface area contributed by atoms with E-state index in [0.717, 1.165) is 88.5 Å². The molecule has 7 nitrogen and oxygen atoms in total. The summed E-state index contributed by atoms with van der Waals surface area (Å²) in [4.78, 5) is 21.2. The number of aromatic nitrogens is 3. The van der Waals surface area contributed by atoms with Crippen molar-refractivity contribution in [2.75, 3.05) is 67.2 Å². The summed E-state index contributed by atoms with van der Waals surface area (Å²) in [5.41, 5.74) is 3.44. The van der Waals surface area contributed by atoms with Crippen molar-refractivity contribution >= 4 is 17.5 Å². The van der Waals surface area contributed by atoms with Gasteiger partial charge in [0.05, 0.1) is 13.2 Å². The van der Waals surface area contributed by atoms with Gasteiger partial charge in [-0.05, 0) is 31.9 Å². The zero-order chi connectivity index (χ0) is 19.3. The van der Waals surface area contributed by atoms with Crippen LogP contribution in [0.1, 0.15) is 24.7 Å². The zero-order valence-electron chi connectivity index (χ0n) is 17.0. The highest BCUT2D eigenvalue weighted by molar-refractivity contribution is 5.50. The molecule has 0 aromatic carbocycles. The van der Waals surface area contributed by atoms with E-state index in [-0.39, 0.29) is 0 Å². The minimum atomic E-state index is 0.749. The second kappa shape index (κ2) is 8.73. The van der Waals surface area contributed by atoms with Crippen LogP contribution in [0.25, 0.3) is 0 Å². The Morgan fingerprint density at radius 3 is 2.50 bits per heavy atom. The van der Waals surface area contributed by atoms with Crippen LogP contribution in [0.15, 0.2) is 24.4 Å². The van der Waals surface area contributed by atoms with Crippen molar-refractivity contribution in [2.45, 2.75) is 26.7 Å². The Morgan fingerprint density at radius 1 is 0.929 bits per heavy atom. The van der Waals surface area contributed by atoms with E-state index in [2.05, 4.69) is 44.8 Å². The molecule has 0 radical (unpaired) electrons. The van der Waals surface area contributed by atoms with E-state index in [1.54, 1.807) is 0 Å². The third-order valence-electron chi connectivity index (χ3n) is 5.48. The summed E-state index contributed by atoms with van der Waals surface area (Å²) in [6.45, 7) is 11.5. The Balaban J connectivity index is 1.52. The van der Waals surface area contributed by atoms with E-state index in [9.17, 15) is 0 Å².